The van der Waals surface area contributed by atoms with Crippen molar-refractivity contribution in [2.45, 2.75) is 33.2 Å². The highest BCUT2D eigenvalue weighted by Crippen LogP contribution is 2.17. The van der Waals surface area contributed by atoms with Crippen LogP contribution < -0.4 is 0 Å². The van der Waals surface area contributed by atoms with E-state index in [1.807, 2.05) is 42.8 Å². The van der Waals surface area contributed by atoms with Gasteiger partial charge >= 0.3 is 5.97 Å². The fourth-order valence-corrected chi connectivity index (χ4v) is 2.47. The molecular weight excluding hydrogens is 288 g/mol. The summed E-state index contributed by atoms with van der Waals surface area (Å²) >= 11 is 5.89. The molecule has 0 atom stereocenters. The van der Waals surface area contributed by atoms with Crippen LogP contribution in [0, 0.1) is 13.8 Å². The highest BCUT2D eigenvalue weighted by Gasteiger charge is 2.13. The Morgan fingerprint density at radius 2 is 1.95 bits per heavy atom. The zero-order chi connectivity index (χ0) is 15.4. The molecule has 0 spiro atoms. The third-order valence-electron chi connectivity index (χ3n) is 3.58. The number of methoxy groups -OCH3 is 1. The SMILES string of the molecule is COC(=O)CCc1c(C)nn(Cc2ccc(Cl)cc2)c1C. The van der Waals surface area contributed by atoms with E-state index in [0.717, 1.165) is 27.5 Å². The van der Waals surface area contributed by atoms with Crippen LogP contribution in [0.5, 0.6) is 0 Å². The van der Waals surface area contributed by atoms with Crippen LogP contribution >= 0.6 is 11.6 Å². The van der Waals surface area contributed by atoms with Crippen molar-refractivity contribution in [3.63, 3.8) is 0 Å². The summed E-state index contributed by atoms with van der Waals surface area (Å²) in [4.78, 5) is 11.3. The molecule has 1 aromatic heterocycles. The third kappa shape index (κ3) is 3.85. The average molecular weight is 307 g/mol. The molecule has 1 aromatic carbocycles. The predicted molar refractivity (Wildman–Crippen MR) is 82.6 cm³/mol. The second kappa shape index (κ2) is 6.76. The van der Waals surface area contributed by atoms with Gasteiger partial charge in [0.15, 0.2) is 0 Å². The number of aromatic nitrogens is 2. The van der Waals surface area contributed by atoms with Gasteiger partial charge in [-0.15, -0.1) is 0 Å². The van der Waals surface area contributed by atoms with E-state index >= 15 is 0 Å². The quantitative estimate of drug-likeness (QED) is 0.796. The van der Waals surface area contributed by atoms with E-state index in [1.54, 1.807) is 0 Å². The summed E-state index contributed by atoms with van der Waals surface area (Å²) in [6, 6.07) is 7.74. The number of hydrogen-bond donors (Lipinski definition) is 0. The Morgan fingerprint density at radius 1 is 1.29 bits per heavy atom. The average Bonchev–Trinajstić information content (AvgIpc) is 2.73. The number of carbonyl (C=O) groups is 1. The van der Waals surface area contributed by atoms with Gasteiger partial charge in [-0.2, -0.15) is 5.10 Å². The molecule has 112 valence electrons. The summed E-state index contributed by atoms with van der Waals surface area (Å²) in [5.74, 6) is -0.195. The van der Waals surface area contributed by atoms with Crippen LogP contribution in [0.4, 0.5) is 0 Å². The minimum Gasteiger partial charge on any atom is -0.469 e. The minimum atomic E-state index is -0.195. The predicted octanol–water partition coefficient (Wildman–Crippen LogP) is 3.31. The van der Waals surface area contributed by atoms with E-state index in [2.05, 4.69) is 9.84 Å². The van der Waals surface area contributed by atoms with Crippen molar-refractivity contribution in [3.8, 4) is 0 Å². The molecule has 0 fully saturated rings. The first-order valence-electron chi connectivity index (χ1n) is 6.85. The molecule has 0 unspecified atom stereocenters. The molecule has 1 heterocycles. The number of benzene rings is 1. The molecular formula is C16H19ClN2O2. The molecule has 0 bridgehead atoms. The molecule has 0 radical (unpaired) electrons. The van der Waals surface area contributed by atoms with Gasteiger partial charge in [-0.05, 0) is 43.5 Å². The molecule has 2 rings (SSSR count). The summed E-state index contributed by atoms with van der Waals surface area (Å²) < 4.78 is 6.65. The Balaban J connectivity index is 2.14. The number of carbonyl (C=O) groups excluding carboxylic acids is 1. The second-order valence-electron chi connectivity index (χ2n) is 5.01. The monoisotopic (exact) mass is 306 g/mol. The highest BCUT2D eigenvalue weighted by molar-refractivity contribution is 6.30. The van der Waals surface area contributed by atoms with Crippen LogP contribution in [0.15, 0.2) is 24.3 Å². The Kier molecular flexibility index (Phi) is 5.02. The van der Waals surface area contributed by atoms with E-state index < -0.39 is 0 Å². The number of aryl methyl sites for hydroxylation is 1. The summed E-state index contributed by atoms with van der Waals surface area (Å²) in [5, 5.41) is 5.29. The molecule has 0 N–H and O–H groups in total. The van der Waals surface area contributed by atoms with Crippen molar-refractivity contribution in [1.82, 2.24) is 9.78 Å². The number of nitrogens with zero attached hydrogens (tertiary/aromatic N) is 2. The van der Waals surface area contributed by atoms with Crippen LogP contribution in [0.3, 0.4) is 0 Å². The maximum absolute atomic E-state index is 11.3. The molecule has 4 nitrogen and oxygen atoms in total. The van der Waals surface area contributed by atoms with E-state index in [1.165, 1.54) is 7.11 Å². The summed E-state index contributed by atoms with van der Waals surface area (Å²) in [7, 11) is 1.41. The normalized spacial score (nSPS) is 10.7. The van der Waals surface area contributed by atoms with Crippen molar-refractivity contribution >= 4 is 17.6 Å². The zero-order valence-electron chi connectivity index (χ0n) is 12.5. The van der Waals surface area contributed by atoms with Gasteiger partial charge in [0, 0.05) is 17.1 Å². The van der Waals surface area contributed by atoms with E-state index in [9.17, 15) is 4.79 Å². The van der Waals surface area contributed by atoms with Gasteiger partial charge in [0.25, 0.3) is 0 Å². The zero-order valence-corrected chi connectivity index (χ0v) is 13.3. The Bertz CT molecular complexity index is 632. The molecule has 0 aliphatic rings. The van der Waals surface area contributed by atoms with Gasteiger partial charge in [0.2, 0.25) is 0 Å². The van der Waals surface area contributed by atoms with Gasteiger partial charge in [-0.1, -0.05) is 23.7 Å². The van der Waals surface area contributed by atoms with Crippen molar-refractivity contribution in [2.24, 2.45) is 0 Å². The highest BCUT2D eigenvalue weighted by atomic mass is 35.5. The third-order valence-corrected chi connectivity index (χ3v) is 3.84. The Morgan fingerprint density at radius 3 is 2.57 bits per heavy atom. The molecule has 0 aliphatic carbocycles. The van der Waals surface area contributed by atoms with Crippen LogP contribution in [0.25, 0.3) is 0 Å². The lowest BCUT2D eigenvalue weighted by Crippen LogP contribution is -2.05. The summed E-state index contributed by atoms with van der Waals surface area (Å²) in [6.07, 6.45) is 1.04. The minimum absolute atomic E-state index is 0.195. The maximum atomic E-state index is 11.3. The molecule has 2 aromatic rings. The van der Waals surface area contributed by atoms with Gasteiger partial charge in [-0.25, -0.2) is 0 Å². The van der Waals surface area contributed by atoms with Crippen LogP contribution in [0.2, 0.25) is 5.02 Å². The number of rotatable bonds is 5. The number of halogens is 1. The van der Waals surface area contributed by atoms with Crippen LogP contribution in [-0.2, 0) is 22.5 Å². The molecule has 0 amide bonds. The fourth-order valence-electron chi connectivity index (χ4n) is 2.34. The largest absolute Gasteiger partial charge is 0.469 e. The second-order valence-corrected chi connectivity index (χ2v) is 5.45. The molecule has 0 saturated carbocycles. The summed E-state index contributed by atoms with van der Waals surface area (Å²) in [6.45, 7) is 4.70. The molecule has 21 heavy (non-hydrogen) atoms. The van der Waals surface area contributed by atoms with Crippen molar-refractivity contribution in [1.29, 1.82) is 0 Å². The van der Waals surface area contributed by atoms with Crippen LogP contribution in [0.1, 0.15) is 28.9 Å². The van der Waals surface area contributed by atoms with Crippen molar-refractivity contribution in [2.75, 3.05) is 7.11 Å². The first-order chi connectivity index (χ1) is 10.0. The number of ether oxygens (including phenoxy) is 1. The van der Waals surface area contributed by atoms with E-state index in [0.29, 0.717) is 19.4 Å². The van der Waals surface area contributed by atoms with Gasteiger partial charge in [0.05, 0.1) is 19.3 Å². The smallest absolute Gasteiger partial charge is 0.305 e. The van der Waals surface area contributed by atoms with Gasteiger partial charge in [-0.3, -0.25) is 9.48 Å². The maximum Gasteiger partial charge on any atom is 0.305 e. The van der Waals surface area contributed by atoms with Crippen molar-refractivity contribution in [3.05, 3.63) is 51.8 Å². The Labute approximate surface area is 129 Å². The standard InChI is InChI=1S/C16H19ClN2O2/c1-11-15(8-9-16(20)21-3)12(2)19(18-11)10-13-4-6-14(17)7-5-13/h4-7H,8-10H2,1-3H3. The first-order valence-corrected chi connectivity index (χ1v) is 7.23. The molecule has 5 heteroatoms. The first kappa shape index (κ1) is 15.6. The summed E-state index contributed by atoms with van der Waals surface area (Å²) in [5.41, 5.74) is 4.32. The van der Waals surface area contributed by atoms with Gasteiger partial charge in [0.1, 0.15) is 0 Å². The number of esters is 1. The van der Waals surface area contributed by atoms with Crippen molar-refractivity contribution < 1.29 is 9.53 Å². The fraction of sp³-hybridized carbons (Fsp3) is 0.375. The molecule has 0 aliphatic heterocycles. The van der Waals surface area contributed by atoms with Crippen LogP contribution in [-0.4, -0.2) is 22.9 Å². The molecule has 0 saturated heterocycles. The lowest BCUT2D eigenvalue weighted by Gasteiger charge is -2.06. The lowest BCUT2D eigenvalue weighted by atomic mass is 10.1. The van der Waals surface area contributed by atoms with E-state index in [-0.39, 0.29) is 5.97 Å². The van der Waals surface area contributed by atoms with Gasteiger partial charge < -0.3 is 4.74 Å². The lowest BCUT2D eigenvalue weighted by molar-refractivity contribution is -0.140. The Hall–Kier alpha value is -1.81. The topological polar surface area (TPSA) is 44.1 Å². The van der Waals surface area contributed by atoms with E-state index in [4.69, 9.17) is 11.6 Å². The number of hydrogen-bond acceptors (Lipinski definition) is 3.